The monoisotopic (exact) mass is 269 g/mol. The van der Waals surface area contributed by atoms with Gasteiger partial charge in [-0.3, -0.25) is 4.79 Å². The number of halogens is 2. The fourth-order valence-corrected chi connectivity index (χ4v) is 3.53. The largest absolute Gasteiger partial charge is 0.481 e. The lowest BCUT2D eigenvalue weighted by Gasteiger charge is -2.20. The van der Waals surface area contributed by atoms with Gasteiger partial charge in [0.2, 0.25) is 0 Å². The van der Waals surface area contributed by atoms with E-state index in [2.05, 4.69) is 0 Å². The van der Waals surface area contributed by atoms with Crippen molar-refractivity contribution >= 4 is 11.7 Å². The summed E-state index contributed by atoms with van der Waals surface area (Å²) in [4.78, 5) is 11.8. The average molecular weight is 269 g/mol. The van der Waals surface area contributed by atoms with Crippen LogP contribution in [-0.2, 0) is 10.2 Å². The molecule has 0 unspecified atom stereocenters. The molecule has 0 spiro atoms. The zero-order valence-electron chi connectivity index (χ0n) is 11.3. The molecule has 1 saturated carbocycles. The normalized spacial score (nSPS) is 22.0. The van der Waals surface area contributed by atoms with Gasteiger partial charge in [-0.05, 0) is 22.5 Å². The fraction of sp³-hybridized carbons (Fsp3) is 0.500. The maximum atomic E-state index is 13.6. The second kappa shape index (κ2) is 3.46. The van der Waals surface area contributed by atoms with Crippen molar-refractivity contribution in [2.75, 3.05) is 5.73 Å². The summed E-state index contributed by atoms with van der Waals surface area (Å²) in [5, 5.41) is 9.63. The molecule has 0 saturated heterocycles. The highest BCUT2D eigenvalue weighted by Gasteiger charge is 2.82. The Balaban J connectivity index is 2.80. The molecule has 1 aliphatic rings. The molecule has 0 aliphatic heterocycles. The average Bonchev–Trinajstić information content (AvgIpc) is 2.60. The van der Waals surface area contributed by atoms with E-state index in [4.69, 9.17) is 5.73 Å². The molecule has 104 valence electrons. The van der Waals surface area contributed by atoms with Crippen LogP contribution >= 0.6 is 0 Å². The van der Waals surface area contributed by atoms with Gasteiger partial charge in [0.1, 0.15) is 17.0 Å². The standard InChI is InChI=1S/C14H17F2NO2/c1-12(2)13(3,4)14(12,11(18)19)8-5-7(15)6-9(16)10(8)17/h5-6H,17H2,1-4H3,(H,18,19). The molecule has 1 aliphatic carbocycles. The van der Waals surface area contributed by atoms with Crippen molar-refractivity contribution in [3.05, 3.63) is 29.3 Å². The van der Waals surface area contributed by atoms with Crippen LogP contribution in [0.4, 0.5) is 14.5 Å². The number of aliphatic carboxylic acids is 1. The van der Waals surface area contributed by atoms with Gasteiger partial charge in [-0.25, -0.2) is 8.78 Å². The highest BCUT2D eigenvalue weighted by atomic mass is 19.1. The first-order valence-electron chi connectivity index (χ1n) is 6.00. The summed E-state index contributed by atoms with van der Waals surface area (Å²) >= 11 is 0. The maximum absolute atomic E-state index is 13.6. The number of nitrogen functional groups attached to an aromatic ring is 1. The van der Waals surface area contributed by atoms with Crippen molar-refractivity contribution in [1.29, 1.82) is 0 Å². The number of carboxylic acids is 1. The van der Waals surface area contributed by atoms with E-state index in [-0.39, 0.29) is 11.3 Å². The van der Waals surface area contributed by atoms with Crippen LogP contribution < -0.4 is 5.73 Å². The van der Waals surface area contributed by atoms with Gasteiger partial charge < -0.3 is 10.8 Å². The van der Waals surface area contributed by atoms with Gasteiger partial charge in [-0.1, -0.05) is 27.7 Å². The Morgan fingerprint density at radius 1 is 1.16 bits per heavy atom. The van der Waals surface area contributed by atoms with Gasteiger partial charge in [0.25, 0.3) is 0 Å². The lowest BCUT2D eigenvalue weighted by atomic mass is 9.84. The van der Waals surface area contributed by atoms with E-state index in [1.165, 1.54) is 0 Å². The Labute approximate surface area is 110 Å². The summed E-state index contributed by atoms with van der Waals surface area (Å²) in [5.74, 6) is -2.85. The van der Waals surface area contributed by atoms with E-state index >= 15 is 0 Å². The van der Waals surface area contributed by atoms with Crippen LogP contribution in [0.25, 0.3) is 0 Å². The third-order valence-electron chi connectivity index (χ3n) is 5.19. The van der Waals surface area contributed by atoms with E-state index in [9.17, 15) is 18.7 Å². The van der Waals surface area contributed by atoms with Crippen LogP contribution in [0.3, 0.4) is 0 Å². The smallest absolute Gasteiger partial charge is 0.315 e. The van der Waals surface area contributed by atoms with Gasteiger partial charge >= 0.3 is 5.97 Å². The zero-order chi connectivity index (χ0) is 14.8. The Kier molecular flexibility index (Phi) is 2.51. The molecule has 1 fully saturated rings. The molecule has 3 nitrogen and oxygen atoms in total. The quantitative estimate of drug-likeness (QED) is 0.811. The predicted molar refractivity (Wildman–Crippen MR) is 67.6 cm³/mol. The van der Waals surface area contributed by atoms with E-state index in [0.717, 1.165) is 6.07 Å². The molecule has 1 aromatic carbocycles. The number of nitrogens with two attached hydrogens (primary N) is 1. The number of benzene rings is 1. The van der Waals surface area contributed by atoms with E-state index < -0.39 is 33.8 Å². The Bertz CT molecular complexity index is 565. The minimum absolute atomic E-state index is 0.0208. The lowest BCUT2D eigenvalue weighted by molar-refractivity contribution is -0.141. The van der Waals surface area contributed by atoms with E-state index in [0.29, 0.717) is 6.07 Å². The highest BCUT2D eigenvalue weighted by Crippen LogP contribution is 2.78. The zero-order valence-corrected chi connectivity index (χ0v) is 11.3. The van der Waals surface area contributed by atoms with Crippen molar-refractivity contribution in [3.8, 4) is 0 Å². The number of hydrogen-bond acceptors (Lipinski definition) is 2. The first kappa shape index (κ1) is 13.8. The Morgan fingerprint density at radius 2 is 1.63 bits per heavy atom. The van der Waals surface area contributed by atoms with E-state index in [1.807, 2.05) is 0 Å². The van der Waals surface area contributed by atoms with Crippen LogP contribution in [0.15, 0.2) is 12.1 Å². The highest BCUT2D eigenvalue weighted by molar-refractivity contribution is 5.91. The summed E-state index contributed by atoms with van der Waals surface area (Å²) in [6.07, 6.45) is 0. The SMILES string of the molecule is CC1(C)C(C)(C)C1(C(=O)O)c1cc(F)cc(F)c1N. The number of hydrogen-bond donors (Lipinski definition) is 2. The topological polar surface area (TPSA) is 63.3 Å². The van der Waals surface area contributed by atoms with Crippen LogP contribution in [0.5, 0.6) is 0 Å². The molecule has 0 heterocycles. The second-order valence-electron chi connectivity index (χ2n) is 6.15. The minimum atomic E-state index is -1.38. The third-order valence-corrected chi connectivity index (χ3v) is 5.19. The summed E-state index contributed by atoms with van der Waals surface area (Å²) in [5.41, 5.74) is 2.70. The molecule has 0 bridgehead atoms. The molecule has 0 aromatic heterocycles. The fourth-order valence-electron chi connectivity index (χ4n) is 3.53. The summed E-state index contributed by atoms with van der Waals surface area (Å²) in [7, 11) is 0. The van der Waals surface area contributed by atoms with Crippen LogP contribution in [0, 0.1) is 22.5 Å². The second-order valence-corrected chi connectivity index (χ2v) is 6.15. The summed E-state index contributed by atoms with van der Waals surface area (Å²) < 4.78 is 27.1. The molecule has 0 radical (unpaired) electrons. The first-order chi connectivity index (χ1) is 8.51. The predicted octanol–water partition coefficient (Wildman–Crippen LogP) is 2.94. The summed E-state index contributed by atoms with van der Waals surface area (Å²) in [6, 6.07) is 1.69. The molecule has 19 heavy (non-hydrogen) atoms. The van der Waals surface area contributed by atoms with Crippen molar-refractivity contribution in [3.63, 3.8) is 0 Å². The van der Waals surface area contributed by atoms with Crippen LogP contribution in [-0.4, -0.2) is 11.1 Å². The van der Waals surface area contributed by atoms with Gasteiger partial charge in [0.15, 0.2) is 0 Å². The Hall–Kier alpha value is -1.65. The Morgan fingerprint density at radius 3 is 2.00 bits per heavy atom. The molecule has 0 amide bonds. The number of carboxylic acid groups (broad SMARTS) is 1. The molecular weight excluding hydrogens is 252 g/mol. The third kappa shape index (κ3) is 1.28. The molecule has 0 atom stereocenters. The molecular formula is C14H17F2NO2. The van der Waals surface area contributed by atoms with Crippen molar-refractivity contribution < 1.29 is 18.7 Å². The minimum Gasteiger partial charge on any atom is -0.481 e. The van der Waals surface area contributed by atoms with Crippen LogP contribution in [0.1, 0.15) is 33.3 Å². The van der Waals surface area contributed by atoms with E-state index in [1.54, 1.807) is 27.7 Å². The molecule has 3 N–H and O–H groups in total. The van der Waals surface area contributed by atoms with Crippen LogP contribution in [0.2, 0.25) is 0 Å². The van der Waals surface area contributed by atoms with Gasteiger partial charge in [-0.15, -0.1) is 0 Å². The summed E-state index contributed by atoms with van der Waals surface area (Å²) in [6.45, 7) is 7.07. The molecule has 1 aromatic rings. The van der Waals surface area contributed by atoms with Gasteiger partial charge in [-0.2, -0.15) is 0 Å². The maximum Gasteiger partial charge on any atom is 0.315 e. The number of carbonyl (C=O) groups is 1. The van der Waals surface area contributed by atoms with Crippen molar-refractivity contribution in [1.82, 2.24) is 0 Å². The van der Waals surface area contributed by atoms with Gasteiger partial charge in [0, 0.05) is 6.07 Å². The molecule has 5 heteroatoms. The number of anilines is 1. The lowest BCUT2D eigenvalue weighted by Crippen LogP contribution is -2.29. The van der Waals surface area contributed by atoms with Gasteiger partial charge in [0.05, 0.1) is 5.69 Å². The first-order valence-corrected chi connectivity index (χ1v) is 6.00. The van der Waals surface area contributed by atoms with Crippen molar-refractivity contribution in [2.45, 2.75) is 33.1 Å². The van der Waals surface area contributed by atoms with Crippen molar-refractivity contribution in [2.24, 2.45) is 10.8 Å². The molecule has 2 rings (SSSR count). The number of rotatable bonds is 2.